The second-order valence-electron chi connectivity index (χ2n) is 5.61. The highest BCUT2D eigenvalue weighted by Gasteiger charge is 2.15. The Hall–Kier alpha value is -3.23. The number of halogens is 1. The predicted octanol–water partition coefficient (Wildman–Crippen LogP) is 3.36. The van der Waals surface area contributed by atoms with Crippen LogP contribution >= 0.6 is 22.9 Å². The molecular weight excluding hydrogens is 402 g/mol. The first-order valence-corrected chi connectivity index (χ1v) is 9.26. The number of hydrogen-bond acceptors (Lipinski definition) is 6. The van der Waals surface area contributed by atoms with E-state index >= 15 is 0 Å². The Morgan fingerprint density at radius 1 is 1.07 bits per heavy atom. The van der Waals surface area contributed by atoms with Gasteiger partial charge < -0.3 is 15.8 Å². The quantitative estimate of drug-likeness (QED) is 0.599. The van der Waals surface area contributed by atoms with Gasteiger partial charge in [0, 0.05) is 27.2 Å². The molecule has 3 aromatic rings. The molecule has 0 unspecified atom stereocenters. The summed E-state index contributed by atoms with van der Waals surface area (Å²) >= 11 is 7.14. The van der Waals surface area contributed by atoms with E-state index in [1.54, 1.807) is 29.6 Å². The highest BCUT2D eigenvalue weighted by atomic mass is 35.5. The molecule has 0 saturated carbocycles. The summed E-state index contributed by atoms with van der Waals surface area (Å²) in [5, 5.41) is 5.36. The number of carbonyl (C=O) groups is 3. The number of rotatable bonds is 6. The van der Waals surface area contributed by atoms with Gasteiger partial charge in [-0.25, -0.2) is 9.78 Å². The third-order valence-corrected chi connectivity index (χ3v) is 4.74. The average molecular weight is 416 g/mol. The summed E-state index contributed by atoms with van der Waals surface area (Å²) in [6, 6.07) is 13.1. The maximum atomic E-state index is 12.1. The van der Waals surface area contributed by atoms with Crippen molar-refractivity contribution in [3.63, 3.8) is 0 Å². The maximum absolute atomic E-state index is 12.1. The Bertz CT molecular complexity index is 1020. The van der Waals surface area contributed by atoms with Crippen LogP contribution in [0.3, 0.4) is 0 Å². The van der Waals surface area contributed by atoms with Gasteiger partial charge in [-0.15, -0.1) is 11.3 Å². The van der Waals surface area contributed by atoms with Crippen molar-refractivity contribution in [2.45, 2.75) is 0 Å². The van der Waals surface area contributed by atoms with Crippen LogP contribution in [0, 0.1) is 0 Å². The zero-order chi connectivity index (χ0) is 20.1. The molecule has 0 aliphatic rings. The second-order valence-corrected chi connectivity index (χ2v) is 6.91. The Morgan fingerprint density at radius 3 is 2.39 bits per heavy atom. The summed E-state index contributed by atoms with van der Waals surface area (Å²) in [6.07, 6.45) is 0. The molecule has 1 aromatic heterocycles. The molecule has 0 aliphatic heterocycles. The number of anilines is 1. The molecule has 0 saturated heterocycles. The highest BCUT2D eigenvalue weighted by molar-refractivity contribution is 7.13. The Morgan fingerprint density at radius 2 is 1.75 bits per heavy atom. The fourth-order valence-electron chi connectivity index (χ4n) is 2.21. The number of aromatic nitrogens is 1. The van der Waals surface area contributed by atoms with Gasteiger partial charge in [0.15, 0.2) is 12.3 Å². The fraction of sp³-hybridized carbons (Fsp3) is 0.0526. The summed E-state index contributed by atoms with van der Waals surface area (Å²) in [5.74, 6) is -1.78. The molecule has 0 fully saturated rings. The zero-order valence-electron chi connectivity index (χ0n) is 14.3. The van der Waals surface area contributed by atoms with Crippen molar-refractivity contribution in [1.82, 2.24) is 4.98 Å². The third kappa shape index (κ3) is 4.93. The van der Waals surface area contributed by atoms with E-state index in [1.165, 1.54) is 35.6 Å². The summed E-state index contributed by atoms with van der Waals surface area (Å²) < 4.78 is 4.99. The van der Waals surface area contributed by atoms with Crippen molar-refractivity contribution in [2.24, 2.45) is 5.73 Å². The summed E-state index contributed by atoms with van der Waals surface area (Å²) in [6.45, 7) is -0.468. The monoisotopic (exact) mass is 415 g/mol. The van der Waals surface area contributed by atoms with E-state index in [-0.39, 0.29) is 5.69 Å². The SMILES string of the molecule is NC(=O)c1ccc(NC(=O)COC(=O)c2csc(-c3ccc(Cl)cc3)n2)cc1. The molecule has 28 heavy (non-hydrogen) atoms. The van der Waals surface area contributed by atoms with Crippen molar-refractivity contribution in [2.75, 3.05) is 11.9 Å². The fourth-order valence-corrected chi connectivity index (χ4v) is 3.13. The van der Waals surface area contributed by atoms with Crippen LogP contribution in [-0.2, 0) is 9.53 Å². The van der Waals surface area contributed by atoms with Gasteiger partial charge in [0.2, 0.25) is 5.91 Å². The van der Waals surface area contributed by atoms with Crippen molar-refractivity contribution in [3.05, 3.63) is 70.2 Å². The largest absolute Gasteiger partial charge is 0.451 e. The first kappa shape index (κ1) is 19.5. The van der Waals surface area contributed by atoms with E-state index in [1.807, 2.05) is 0 Å². The smallest absolute Gasteiger partial charge is 0.358 e. The molecule has 3 rings (SSSR count). The normalized spacial score (nSPS) is 10.3. The van der Waals surface area contributed by atoms with Crippen LogP contribution in [-0.4, -0.2) is 29.4 Å². The maximum Gasteiger partial charge on any atom is 0.358 e. The summed E-state index contributed by atoms with van der Waals surface area (Å²) in [7, 11) is 0. The van der Waals surface area contributed by atoms with E-state index in [4.69, 9.17) is 22.1 Å². The number of thiazole rings is 1. The molecule has 2 aromatic carbocycles. The summed E-state index contributed by atoms with van der Waals surface area (Å²) in [5.41, 5.74) is 6.87. The summed E-state index contributed by atoms with van der Waals surface area (Å²) in [4.78, 5) is 39.2. The van der Waals surface area contributed by atoms with Gasteiger partial charge in [0.05, 0.1) is 0 Å². The number of primary amides is 1. The minimum atomic E-state index is -0.698. The molecule has 0 spiro atoms. The number of nitrogens with zero attached hydrogens (tertiary/aromatic N) is 1. The van der Waals surface area contributed by atoms with Crippen LogP contribution < -0.4 is 11.1 Å². The standard InChI is InChI=1S/C19H14ClN3O4S/c20-13-5-1-12(2-6-13)18-23-15(10-28-18)19(26)27-9-16(24)22-14-7-3-11(4-8-14)17(21)25/h1-8,10H,9H2,(H2,21,25)(H,22,24). The van der Waals surface area contributed by atoms with E-state index in [0.717, 1.165) is 5.56 Å². The number of ether oxygens (including phenoxy) is 1. The van der Waals surface area contributed by atoms with Gasteiger partial charge in [-0.05, 0) is 36.4 Å². The number of esters is 1. The van der Waals surface area contributed by atoms with E-state index in [0.29, 0.717) is 21.3 Å². The molecule has 2 amide bonds. The van der Waals surface area contributed by atoms with Crippen LogP contribution in [0.4, 0.5) is 5.69 Å². The van der Waals surface area contributed by atoms with E-state index in [9.17, 15) is 14.4 Å². The molecule has 1 heterocycles. The van der Waals surface area contributed by atoms with Gasteiger partial charge in [0.25, 0.3) is 5.91 Å². The first-order valence-electron chi connectivity index (χ1n) is 8.00. The minimum Gasteiger partial charge on any atom is -0.451 e. The van der Waals surface area contributed by atoms with Crippen LogP contribution in [0.15, 0.2) is 53.9 Å². The minimum absolute atomic E-state index is 0.119. The second kappa shape index (κ2) is 8.64. The number of benzene rings is 2. The van der Waals surface area contributed by atoms with Gasteiger partial charge in [-0.2, -0.15) is 0 Å². The molecule has 9 heteroatoms. The topological polar surface area (TPSA) is 111 Å². The van der Waals surface area contributed by atoms with Crippen molar-refractivity contribution < 1.29 is 19.1 Å². The first-order chi connectivity index (χ1) is 13.4. The molecule has 0 atom stereocenters. The third-order valence-electron chi connectivity index (χ3n) is 3.59. The number of nitrogens with one attached hydrogen (secondary N) is 1. The Kier molecular flexibility index (Phi) is 6.03. The number of nitrogens with two attached hydrogens (primary N) is 1. The lowest BCUT2D eigenvalue weighted by molar-refractivity contribution is -0.119. The molecule has 7 nitrogen and oxygen atoms in total. The Labute approximate surface area is 169 Å². The Balaban J connectivity index is 1.54. The van der Waals surface area contributed by atoms with Crippen LogP contribution in [0.25, 0.3) is 10.6 Å². The lowest BCUT2D eigenvalue weighted by Gasteiger charge is -2.06. The van der Waals surface area contributed by atoms with E-state index < -0.39 is 24.4 Å². The lowest BCUT2D eigenvalue weighted by Crippen LogP contribution is -2.21. The zero-order valence-corrected chi connectivity index (χ0v) is 15.9. The number of amides is 2. The molecule has 142 valence electrons. The van der Waals surface area contributed by atoms with Crippen LogP contribution in [0.2, 0.25) is 5.02 Å². The van der Waals surface area contributed by atoms with Crippen molar-refractivity contribution in [3.8, 4) is 10.6 Å². The molecular formula is C19H14ClN3O4S. The average Bonchev–Trinajstić information content (AvgIpc) is 3.17. The molecule has 3 N–H and O–H groups in total. The predicted molar refractivity (Wildman–Crippen MR) is 106 cm³/mol. The number of hydrogen-bond donors (Lipinski definition) is 2. The van der Waals surface area contributed by atoms with Crippen LogP contribution in [0.1, 0.15) is 20.8 Å². The lowest BCUT2D eigenvalue weighted by atomic mass is 10.2. The van der Waals surface area contributed by atoms with E-state index in [2.05, 4.69) is 10.3 Å². The molecule has 0 bridgehead atoms. The van der Waals surface area contributed by atoms with Gasteiger partial charge in [0.1, 0.15) is 5.01 Å². The van der Waals surface area contributed by atoms with Gasteiger partial charge >= 0.3 is 5.97 Å². The molecule has 0 aliphatic carbocycles. The highest BCUT2D eigenvalue weighted by Crippen LogP contribution is 2.25. The number of carbonyl (C=O) groups excluding carboxylic acids is 3. The van der Waals surface area contributed by atoms with Crippen molar-refractivity contribution in [1.29, 1.82) is 0 Å². The van der Waals surface area contributed by atoms with Gasteiger partial charge in [-0.1, -0.05) is 23.7 Å². The van der Waals surface area contributed by atoms with Crippen LogP contribution in [0.5, 0.6) is 0 Å². The van der Waals surface area contributed by atoms with Gasteiger partial charge in [-0.3, -0.25) is 9.59 Å². The van der Waals surface area contributed by atoms with Crippen molar-refractivity contribution >= 4 is 46.4 Å². The molecule has 0 radical (unpaired) electrons.